The molecular formula is C19H24O7. The summed E-state index contributed by atoms with van der Waals surface area (Å²) >= 11 is 0. The Morgan fingerprint density at radius 2 is 2.04 bits per heavy atom. The summed E-state index contributed by atoms with van der Waals surface area (Å²) in [6, 6.07) is 0. The van der Waals surface area contributed by atoms with E-state index >= 15 is 0 Å². The van der Waals surface area contributed by atoms with E-state index in [2.05, 4.69) is 13.2 Å². The van der Waals surface area contributed by atoms with Crippen molar-refractivity contribution in [2.24, 2.45) is 23.7 Å². The van der Waals surface area contributed by atoms with Crippen LogP contribution in [0.1, 0.15) is 26.2 Å². The van der Waals surface area contributed by atoms with Gasteiger partial charge in [-0.3, -0.25) is 9.59 Å². The van der Waals surface area contributed by atoms with Crippen molar-refractivity contribution in [2.75, 3.05) is 6.61 Å². The van der Waals surface area contributed by atoms with Crippen molar-refractivity contribution < 1.29 is 34.1 Å². The molecule has 3 aliphatic rings. The van der Waals surface area contributed by atoms with Crippen molar-refractivity contribution in [3.05, 3.63) is 24.3 Å². The number of carbonyl (C=O) groups excluding carboxylic acids is 3. The van der Waals surface area contributed by atoms with E-state index in [1.807, 2.05) is 6.92 Å². The zero-order chi connectivity index (χ0) is 19.2. The number of aliphatic hydroxyl groups is 2. The topological polar surface area (TPSA) is 110 Å². The molecule has 1 heterocycles. The predicted octanol–water partition coefficient (Wildman–Crippen LogP) is 0.540. The molecule has 7 heteroatoms. The fraction of sp³-hybridized carbons (Fsp3) is 0.632. The van der Waals surface area contributed by atoms with Gasteiger partial charge in [-0.05, 0) is 24.3 Å². The second kappa shape index (κ2) is 6.96. The third kappa shape index (κ3) is 2.89. The summed E-state index contributed by atoms with van der Waals surface area (Å²) in [6.45, 7) is 8.99. The Bertz CT molecular complexity index is 667. The van der Waals surface area contributed by atoms with Gasteiger partial charge in [0.1, 0.15) is 18.8 Å². The van der Waals surface area contributed by atoms with Crippen LogP contribution in [0.2, 0.25) is 0 Å². The summed E-state index contributed by atoms with van der Waals surface area (Å²) in [5.74, 6) is -3.84. The Hall–Kier alpha value is -1.99. The molecule has 0 bridgehead atoms. The van der Waals surface area contributed by atoms with Crippen LogP contribution < -0.4 is 0 Å². The van der Waals surface area contributed by atoms with Crippen LogP contribution in [0.3, 0.4) is 0 Å². The van der Waals surface area contributed by atoms with E-state index in [9.17, 15) is 19.5 Å². The molecule has 0 radical (unpaired) electrons. The molecule has 7 nitrogen and oxygen atoms in total. The van der Waals surface area contributed by atoms with E-state index in [0.29, 0.717) is 18.4 Å². The Morgan fingerprint density at radius 1 is 1.35 bits per heavy atom. The monoisotopic (exact) mass is 364 g/mol. The standard InChI is InChI=1S/C19H24O7/c1-4-10-16-14(25-19(24)13(22)7-20)5-8(2)11-6-12(21)9(3)15(11)17(16)26-18(10)23/h10-12,14-17,20-21H,2-7H2,1H3/t10-,11-,12-,14-,15-,16+,17+/m0/s1. The highest BCUT2D eigenvalue weighted by molar-refractivity contribution is 6.34. The van der Waals surface area contributed by atoms with E-state index in [-0.39, 0.29) is 24.2 Å². The average Bonchev–Trinajstić information content (AvgIpc) is 3.06. The van der Waals surface area contributed by atoms with Gasteiger partial charge in [0.05, 0.1) is 12.0 Å². The first-order valence-corrected chi connectivity index (χ1v) is 8.89. The van der Waals surface area contributed by atoms with Crippen molar-refractivity contribution in [1.82, 2.24) is 0 Å². The highest BCUT2D eigenvalue weighted by Crippen LogP contribution is 2.53. The van der Waals surface area contributed by atoms with Crippen molar-refractivity contribution in [3.8, 4) is 0 Å². The number of Topliss-reactive ketones (excluding diaryl/α,β-unsaturated/α-hetero) is 1. The molecule has 7 atom stereocenters. The summed E-state index contributed by atoms with van der Waals surface area (Å²) in [5.41, 5.74) is 1.39. The lowest BCUT2D eigenvalue weighted by molar-refractivity contribution is -0.162. The fourth-order valence-corrected chi connectivity index (χ4v) is 4.72. The summed E-state index contributed by atoms with van der Waals surface area (Å²) < 4.78 is 11.0. The number of carbonyl (C=O) groups is 3. The number of hydrogen-bond acceptors (Lipinski definition) is 7. The Morgan fingerprint density at radius 3 is 2.65 bits per heavy atom. The first-order valence-electron chi connectivity index (χ1n) is 8.89. The zero-order valence-corrected chi connectivity index (χ0v) is 14.7. The Kier molecular flexibility index (Phi) is 5.03. The van der Waals surface area contributed by atoms with Gasteiger partial charge in [0.15, 0.2) is 0 Å². The summed E-state index contributed by atoms with van der Waals surface area (Å²) in [4.78, 5) is 35.8. The molecule has 0 aromatic carbocycles. The Balaban J connectivity index is 1.97. The third-order valence-electron chi connectivity index (χ3n) is 6.01. The number of ether oxygens (including phenoxy) is 2. The molecule has 2 aliphatic carbocycles. The van der Waals surface area contributed by atoms with Gasteiger partial charge in [-0.2, -0.15) is 0 Å². The van der Waals surface area contributed by atoms with Gasteiger partial charge in [-0.15, -0.1) is 0 Å². The molecule has 0 aromatic heterocycles. The molecule has 142 valence electrons. The summed E-state index contributed by atoms with van der Waals surface area (Å²) in [6.07, 6.45) is -0.792. The quantitative estimate of drug-likeness (QED) is 0.426. The molecule has 1 aliphatic heterocycles. The maximum Gasteiger partial charge on any atom is 0.377 e. The van der Waals surface area contributed by atoms with E-state index in [4.69, 9.17) is 14.6 Å². The first-order chi connectivity index (χ1) is 12.3. The minimum absolute atomic E-state index is 0.120. The predicted molar refractivity (Wildman–Crippen MR) is 89.6 cm³/mol. The van der Waals surface area contributed by atoms with Crippen molar-refractivity contribution in [3.63, 3.8) is 0 Å². The normalized spacial score (nSPS) is 39.0. The molecule has 0 spiro atoms. The third-order valence-corrected chi connectivity index (χ3v) is 6.01. The van der Waals surface area contributed by atoms with Gasteiger partial charge in [0.2, 0.25) is 0 Å². The second-order valence-electron chi connectivity index (χ2n) is 7.34. The maximum atomic E-state index is 12.4. The van der Waals surface area contributed by atoms with Crippen molar-refractivity contribution in [1.29, 1.82) is 0 Å². The van der Waals surface area contributed by atoms with Gasteiger partial charge in [-0.1, -0.05) is 25.7 Å². The van der Waals surface area contributed by atoms with Crippen LogP contribution >= 0.6 is 0 Å². The maximum absolute atomic E-state index is 12.4. The Labute approximate surface area is 151 Å². The number of fused-ring (bicyclic) bond motifs is 3. The minimum atomic E-state index is -1.12. The lowest BCUT2D eigenvalue weighted by Crippen LogP contribution is -2.39. The summed E-state index contributed by atoms with van der Waals surface area (Å²) in [7, 11) is 0. The van der Waals surface area contributed by atoms with Crippen LogP contribution in [0.15, 0.2) is 24.3 Å². The van der Waals surface area contributed by atoms with Gasteiger partial charge in [0.25, 0.3) is 5.78 Å². The molecule has 0 aromatic rings. The van der Waals surface area contributed by atoms with Gasteiger partial charge in [-0.25, -0.2) is 4.79 Å². The van der Waals surface area contributed by atoms with Gasteiger partial charge in [0, 0.05) is 18.3 Å². The molecule has 2 N–H and O–H groups in total. The molecule has 2 saturated carbocycles. The van der Waals surface area contributed by atoms with Gasteiger partial charge < -0.3 is 19.7 Å². The van der Waals surface area contributed by atoms with Crippen molar-refractivity contribution in [2.45, 2.75) is 44.5 Å². The van der Waals surface area contributed by atoms with Crippen LogP contribution in [-0.4, -0.2) is 52.9 Å². The van der Waals surface area contributed by atoms with Crippen LogP contribution in [0, 0.1) is 23.7 Å². The number of hydrogen-bond donors (Lipinski definition) is 2. The molecule has 1 saturated heterocycles. The lowest BCUT2D eigenvalue weighted by Gasteiger charge is -2.29. The van der Waals surface area contributed by atoms with E-state index in [0.717, 1.165) is 5.57 Å². The molecule has 3 fully saturated rings. The van der Waals surface area contributed by atoms with Gasteiger partial charge >= 0.3 is 11.9 Å². The summed E-state index contributed by atoms with van der Waals surface area (Å²) in [5, 5.41) is 19.1. The largest absolute Gasteiger partial charge is 0.461 e. The molecule has 26 heavy (non-hydrogen) atoms. The number of esters is 2. The van der Waals surface area contributed by atoms with Crippen LogP contribution in [0.25, 0.3) is 0 Å². The fourth-order valence-electron chi connectivity index (χ4n) is 4.72. The number of ketones is 1. The number of rotatable bonds is 4. The lowest BCUT2D eigenvalue weighted by atomic mass is 9.78. The van der Waals surface area contributed by atoms with Crippen molar-refractivity contribution >= 4 is 17.7 Å². The van der Waals surface area contributed by atoms with E-state index in [1.54, 1.807) is 0 Å². The highest BCUT2D eigenvalue weighted by atomic mass is 16.6. The zero-order valence-electron chi connectivity index (χ0n) is 14.7. The molecule has 0 unspecified atom stereocenters. The molecular weight excluding hydrogens is 340 g/mol. The smallest absolute Gasteiger partial charge is 0.377 e. The first kappa shape index (κ1) is 18.8. The minimum Gasteiger partial charge on any atom is -0.461 e. The average molecular weight is 364 g/mol. The SMILES string of the molecule is C=C1[C@@H]2[C@H]3OC(=O)[C@@H](CC)[C@@H]3[C@@H](OC(=O)C(=O)CO)CC(=C)[C@@H]2C[C@@H]1O. The van der Waals surface area contributed by atoms with E-state index in [1.165, 1.54) is 0 Å². The molecule has 3 rings (SSSR count). The molecule has 0 amide bonds. The van der Waals surface area contributed by atoms with E-state index < -0.39 is 48.5 Å². The van der Waals surface area contributed by atoms with Crippen LogP contribution in [-0.2, 0) is 23.9 Å². The van der Waals surface area contributed by atoms with Crippen LogP contribution in [0.4, 0.5) is 0 Å². The second-order valence-corrected chi connectivity index (χ2v) is 7.34. The van der Waals surface area contributed by atoms with Crippen LogP contribution in [0.5, 0.6) is 0 Å². The highest BCUT2D eigenvalue weighted by Gasteiger charge is 2.58. The number of aliphatic hydroxyl groups excluding tert-OH is 2.